The SMILES string of the molecule is OC[C@H]1C[C@@H](NCc2ccccc2)CCO1. The van der Waals surface area contributed by atoms with Crippen molar-refractivity contribution in [2.75, 3.05) is 13.2 Å². The lowest BCUT2D eigenvalue weighted by molar-refractivity contribution is -0.0289. The number of nitrogens with one attached hydrogen (secondary N) is 1. The van der Waals surface area contributed by atoms with Crippen molar-refractivity contribution in [1.29, 1.82) is 0 Å². The first kappa shape index (κ1) is 11.6. The number of benzene rings is 1. The fourth-order valence-corrected chi connectivity index (χ4v) is 2.05. The lowest BCUT2D eigenvalue weighted by Crippen LogP contribution is -2.39. The summed E-state index contributed by atoms with van der Waals surface area (Å²) >= 11 is 0. The molecular formula is C13H19NO2. The summed E-state index contributed by atoms with van der Waals surface area (Å²) in [5.74, 6) is 0. The summed E-state index contributed by atoms with van der Waals surface area (Å²) in [7, 11) is 0. The number of hydrogen-bond donors (Lipinski definition) is 2. The van der Waals surface area contributed by atoms with Gasteiger partial charge in [0.2, 0.25) is 0 Å². The molecule has 88 valence electrons. The zero-order valence-electron chi connectivity index (χ0n) is 9.43. The molecule has 1 aromatic rings. The molecule has 0 aromatic heterocycles. The summed E-state index contributed by atoms with van der Waals surface area (Å²) < 4.78 is 5.42. The van der Waals surface area contributed by atoms with Crippen molar-refractivity contribution in [2.24, 2.45) is 0 Å². The van der Waals surface area contributed by atoms with Crippen LogP contribution in [0.5, 0.6) is 0 Å². The standard InChI is InChI=1S/C13H19NO2/c15-10-13-8-12(6-7-16-13)14-9-11-4-2-1-3-5-11/h1-5,12-15H,6-10H2/t12-,13+/m0/s1. The molecule has 0 amide bonds. The summed E-state index contributed by atoms with van der Waals surface area (Å²) in [5.41, 5.74) is 1.30. The van der Waals surface area contributed by atoms with Crippen LogP contribution in [0.1, 0.15) is 18.4 Å². The van der Waals surface area contributed by atoms with Gasteiger partial charge in [-0.15, -0.1) is 0 Å². The highest BCUT2D eigenvalue weighted by Gasteiger charge is 2.21. The molecule has 0 saturated carbocycles. The first-order valence-corrected chi connectivity index (χ1v) is 5.88. The molecule has 2 atom stereocenters. The molecule has 3 heteroatoms. The molecule has 1 saturated heterocycles. The third-order valence-corrected chi connectivity index (χ3v) is 3.01. The monoisotopic (exact) mass is 221 g/mol. The molecule has 2 rings (SSSR count). The summed E-state index contributed by atoms with van der Waals surface area (Å²) in [5, 5.41) is 12.6. The van der Waals surface area contributed by atoms with Crippen LogP contribution in [-0.2, 0) is 11.3 Å². The molecule has 1 heterocycles. The maximum atomic E-state index is 9.04. The second-order valence-corrected chi connectivity index (χ2v) is 4.26. The molecule has 1 aromatic carbocycles. The van der Waals surface area contributed by atoms with Crippen molar-refractivity contribution in [1.82, 2.24) is 5.32 Å². The van der Waals surface area contributed by atoms with Gasteiger partial charge in [-0.1, -0.05) is 30.3 Å². The summed E-state index contributed by atoms with van der Waals surface area (Å²) in [6.45, 7) is 1.77. The number of ether oxygens (including phenoxy) is 1. The number of hydrogen-bond acceptors (Lipinski definition) is 3. The summed E-state index contributed by atoms with van der Waals surface area (Å²) in [6.07, 6.45) is 1.95. The Morgan fingerprint density at radius 1 is 1.31 bits per heavy atom. The van der Waals surface area contributed by atoms with Crippen LogP contribution in [0.25, 0.3) is 0 Å². The smallest absolute Gasteiger partial charge is 0.0820 e. The molecule has 2 N–H and O–H groups in total. The first-order valence-electron chi connectivity index (χ1n) is 5.88. The quantitative estimate of drug-likeness (QED) is 0.805. The molecule has 0 spiro atoms. The molecule has 0 radical (unpaired) electrons. The fraction of sp³-hybridized carbons (Fsp3) is 0.538. The Morgan fingerprint density at radius 3 is 2.88 bits per heavy atom. The van der Waals surface area contributed by atoms with Gasteiger partial charge in [-0.2, -0.15) is 0 Å². The van der Waals surface area contributed by atoms with E-state index in [1.807, 2.05) is 6.07 Å². The van der Waals surface area contributed by atoms with Crippen molar-refractivity contribution in [3.63, 3.8) is 0 Å². The van der Waals surface area contributed by atoms with Gasteiger partial charge in [-0.05, 0) is 18.4 Å². The maximum absolute atomic E-state index is 9.04. The van der Waals surface area contributed by atoms with Crippen molar-refractivity contribution < 1.29 is 9.84 Å². The van der Waals surface area contributed by atoms with Gasteiger partial charge in [-0.3, -0.25) is 0 Å². The second-order valence-electron chi connectivity index (χ2n) is 4.26. The molecule has 0 aliphatic carbocycles. The lowest BCUT2D eigenvalue weighted by Gasteiger charge is -2.29. The van der Waals surface area contributed by atoms with Crippen molar-refractivity contribution in [3.8, 4) is 0 Å². The summed E-state index contributed by atoms with van der Waals surface area (Å²) in [6, 6.07) is 10.8. The number of aliphatic hydroxyl groups excluding tert-OH is 1. The Hall–Kier alpha value is -0.900. The van der Waals surface area contributed by atoms with Gasteiger partial charge >= 0.3 is 0 Å². The van der Waals surface area contributed by atoms with Crippen LogP contribution >= 0.6 is 0 Å². The molecule has 0 bridgehead atoms. The van der Waals surface area contributed by atoms with E-state index in [9.17, 15) is 0 Å². The molecular weight excluding hydrogens is 202 g/mol. The average molecular weight is 221 g/mol. The molecule has 1 fully saturated rings. The highest BCUT2D eigenvalue weighted by molar-refractivity contribution is 5.14. The van der Waals surface area contributed by atoms with Crippen LogP contribution in [0.3, 0.4) is 0 Å². The predicted octanol–water partition coefficient (Wildman–Crippen LogP) is 1.32. The van der Waals surface area contributed by atoms with E-state index in [4.69, 9.17) is 9.84 Å². The van der Waals surface area contributed by atoms with E-state index in [0.717, 1.165) is 26.0 Å². The molecule has 16 heavy (non-hydrogen) atoms. The number of rotatable bonds is 4. The van der Waals surface area contributed by atoms with Crippen molar-refractivity contribution in [2.45, 2.75) is 31.5 Å². The van der Waals surface area contributed by atoms with Crippen molar-refractivity contribution in [3.05, 3.63) is 35.9 Å². The lowest BCUT2D eigenvalue weighted by atomic mass is 10.0. The molecule has 1 aliphatic heterocycles. The minimum absolute atomic E-state index is 0.0158. The molecule has 1 aliphatic rings. The minimum atomic E-state index is 0.0158. The molecule has 3 nitrogen and oxygen atoms in total. The normalized spacial score (nSPS) is 25.6. The van der Waals surface area contributed by atoms with Gasteiger partial charge in [0.1, 0.15) is 0 Å². The van der Waals surface area contributed by atoms with E-state index in [0.29, 0.717) is 6.04 Å². The first-order chi connectivity index (χ1) is 7.88. The Bertz CT molecular complexity index is 302. The Kier molecular flexibility index (Phi) is 4.34. The van der Waals surface area contributed by atoms with Gasteiger partial charge in [0.15, 0.2) is 0 Å². The van der Waals surface area contributed by atoms with E-state index in [2.05, 4.69) is 29.6 Å². The second kappa shape index (κ2) is 5.99. The zero-order chi connectivity index (χ0) is 11.2. The van der Waals surface area contributed by atoms with Gasteiger partial charge in [0, 0.05) is 19.2 Å². The summed E-state index contributed by atoms with van der Waals surface area (Å²) in [4.78, 5) is 0. The van der Waals surface area contributed by atoms with Crippen LogP contribution < -0.4 is 5.32 Å². The van der Waals surface area contributed by atoms with Crippen LogP contribution in [0.15, 0.2) is 30.3 Å². The van der Waals surface area contributed by atoms with Crippen molar-refractivity contribution >= 4 is 0 Å². The number of aliphatic hydroxyl groups is 1. The highest BCUT2D eigenvalue weighted by Crippen LogP contribution is 2.14. The van der Waals surface area contributed by atoms with E-state index in [1.54, 1.807) is 0 Å². The minimum Gasteiger partial charge on any atom is -0.394 e. The molecule has 0 unspecified atom stereocenters. The highest BCUT2D eigenvalue weighted by atomic mass is 16.5. The van der Waals surface area contributed by atoms with Crippen LogP contribution in [0, 0.1) is 0 Å². The van der Waals surface area contributed by atoms with E-state index in [-0.39, 0.29) is 12.7 Å². The van der Waals surface area contributed by atoms with Gasteiger partial charge in [-0.25, -0.2) is 0 Å². The van der Waals surface area contributed by atoms with Crippen LogP contribution in [0.2, 0.25) is 0 Å². The third kappa shape index (κ3) is 3.30. The van der Waals surface area contributed by atoms with Gasteiger partial charge in [0.25, 0.3) is 0 Å². The largest absolute Gasteiger partial charge is 0.394 e. The van der Waals surface area contributed by atoms with Gasteiger partial charge in [0.05, 0.1) is 12.7 Å². The Balaban J connectivity index is 1.77. The van der Waals surface area contributed by atoms with Gasteiger partial charge < -0.3 is 15.2 Å². The van der Waals surface area contributed by atoms with E-state index >= 15 is 0 Å². The maximum Gasteiger partial charge on any atom is 0.0820 e. The van der Waals surface area contributed by atoms with Crippen LogP contribution in [-0.4, -0.2) is 30.5 Å². The van der Waals surface area contributed by atoms with Crippen LogP contribution in [0.4, 0.5) is 0 Å². The predicted molar refractivity (Wildman–Crippen MR) is 63.1 cm³/mol. The zero-order valence-corrected chi connectivity index (χ0v) is 9.43. The van der Waals surface area contributed by atoms with E-state index in [1.165, 1.54) is 5.56 Å². The topological polar surface area (TPSA) is 41.5 Å². The average Bonchev–Trinajstić information content (AvgIpc) is 2.38. The Labute approximate surface area is 96.4 Å². The van der Waals surface area contributed by atoms with E-state index < -0.39 is 0 Å². The Morgan fingerprint density at radius 2 is 2.12 bits per heavy atom. The fourth-order valence-electron chi connectivity index (χ4n) is 2.05. The third-order valence-electron chi connectivity index (χ3n) is 3.01.